The summed E-state index contributed by atoms with van der Waals surface area (Å²) in [6.07, 6.45) is 6.84. The van der Waals surface area contributed by atoms with Crippen LogP contribution in [0.3, 0.4) is 0 Å². The van der Waals surface area contributed by atoms with Gasteiger partial charge in [0.2, 0.25) is 11.8 Å². The summed E-state index contributed by atoms with van der Waals surface area (Å²) in [7, 11) is 1.64. The lowest BCUT2D eigenvalue weighted by Gasteiger charge is -2.55. The summed E-state index contributed by atoms with van der Waals surface area (Å²) in [5.41, 5.74) is 3.24. The van der Waals surface area contributed by atoms with Gasteiger partial charge in [0.15, 0.2) is 0 Å². The maximum atomic E-state index is 13.6. The van der Waals surface area contributed by atoms with Crippen LogP contribution in [0.15, 0.2) is 42.5 Å². The summed E-state index contributed by atoms with van der Waals surface area (Å²) < 4.78 is 5.28. The zero-order valence-electron chi connectivity index (χ0n) is 21.0. The normalized spacial score (nSPS) is 26.2. The van der Waals surface area contributed by atoms with Gasteiger partial charge in [-0.3, -0.25) is 9.59 Å². The second kappa shape index (κ2) is 8.95. The highest BCUT2D eigenvalue weighted by Crippen LogP contribution is 2.60. The number of methoxy groups -OCH3 is 1. The van der Waals surface area contributed by atoms with E-state index in [0.29, 0.717) is 24.3 Å². The standard InChI is InChI=1S/C29H34N4O3/c1-18-31-25-8-5-23(12-26(25)32-18)33(17-19-3-6-24(36-2)7-4-19)27(34)16-30-28(35)29-13-20-9-21(14-29)11-22(10-20)15-29/h3-8,12,20-22H,9-11,13-17H2,1-2H3,(H,30,35)(H,31,32). The molecule has 4 aliphatic carbocycles. The second-order valence-corrected chi connectivity index (χ2v) is 11.2. The molecular weight excluding hydrogens is 452 g/mol. The van der Waals surface area contributed by atoms with Crippen molar-refractivity contribution in [3.05, 3.63) is 53.9 Å². The third-order valence-corrected chi connectivity index (χ3v) is 8.62. The number of imidazole rings is 1. The van der Waals surface area contributed by atoms with Crippen molar-refractivity contribution in [2.45, 2.75) is 52.0 Å². The Morgan fingerprint density at radius 3 is 2.36 bits per heavy atom. The number of nitrogens with one attached hydrogen (secondary N) is 2. The zero-order chi connectivity index (χ0) is 24.9. The molecule has 0 spiro atoms. The molecule has 0 aliphatic heterocycles. The summed E-state index contributed by atoms with van der Waals surface area (Å²) in [5, 5.41) is 3.06. The quantitative estimate of drug-likeness (QED) is 0.505. The number of nitrogens with zero attached hydrogens (tertiary/aromatic N) is 2. The van der Waals surface area contributed by atoms with Crippen molar-refractivity contribution in [2.24, 2.45) is 23.2 Å². The number of hydrogen-bond donors (Lipinski definition) is 2. The molecule has 4 bridgehead atoms. The smallest absolute Gasteiger partial charge is 0.246 e. The van der Waals surface area contributed by atoms with Crippen LogP contribution in [0.25, 0.3) is 11.0 Å². The van der Waals surface area contributed by atoms with Crippen molar-refractivity contribution in [2.75, 3.05) is 18.6 Å². The minimum absolute atomic E-state index is 0.00320. The number of benzene rings is 2. The Hall–Kier alpha value is -3.35. The first-order valence-corrected chi connectivity index (χ1v) is 13.1. The van der Waals surface area contributed by atoms with E-state index in [1.54, 1.807) is 12.0 Å². The molecule has 36 heavy (non-hydrogen) atoms. The van der Waals surface area contributed by atoms with E-state index in [4.69, 9.17) is 4.74 Å². The van der Waals surface area contributed by atoms with Gasteiger partial charge in [-0.15, -0.1) is 0 Å². The van der Waals surface area contributed by atoms with E-state index in [2.05, 4.69) is 15.3 Å². The summed E-state index contributed by atoms with van der Waals surface area (Å²) >= 11 is 0. The van der Waals surface area contributed by atoms with Gasteiger partial charge in [-0.2, -0.15) is 0 Å². The number of fused-ring (bicyclic) bond motifs is 1. The number of ether oxygens (including phenoxy) is 1. The summed E-state index contributed by atoms with van der Waals surface area (Å²) in [6.45, 7) is 2.31. The molecule has 2 aromatic carbocycles. The molecule has 1 aromatic heterocycles. The predicted molar refractivity (Wildman–Crippen MR) is 139 cm³/mol. The number of amides is 2. The molecule has 188 valence electrons. The number of hydrogen-bond acceptors (Lipinski definition) is 4. The lowest BCUT2D eigenvalue weighted by molar-refractivity contribution is -0.147. The molecule has 3 aromatic rings. The third-order valence-electron chi connectivity index (χ3n) is 8.62. The minimum Gasteiger partial charge on any atom is -0.497 e. The highest BCUT2D eigenvalue weighted by Gasteiger charge is 2.54. The number of H-pyrrole nitrogens is 1. The Kier molecular flexibility index (Phi) is 5.73. The van der Waals surface area contributed by atoms with Gasteiger partial charge in [-0.1, -0.05) is 12.1 Å². The van der Waals surface area contributed by atoms with E-state index < -0.39 is 0 Å². The van der Waals surface area contributed by atoms with Crippen LogP contribution < -0.4 is 15.0 Å². The van der Waals surface area contributed by atoms with Crippen molar-refractivity contribution >= 4 is 28.5 Å². The first-order chi connectivity index (χ1) is 17.4. The zero-order valence-corrected chi connectivity index (χ0v) is 21.0. The largest absolute Gasteiger partial charge is 0.497 e. The molecule has 0 atom stereocenters. The van der Waals surface area contributed by atoms with E-state index >= 15 is 0 Å². The molecule has 2 N–H and O–H groups in total. The van der Waals surface area contributed by atoms with Gasteiger partial charge in [0, 0.05) is 11.1 Å². The van der Waals surface area contributed by atoms with Crippen LogP contribution in [0.2, 0.25) is 0 Å². The Bertz CT molecular complexity index is 1260. The van der Waals surface area contributed by atoms with Crippen LogP contribution in [-0.2, 0) is 16.1 Å². The monoisotopic (exact) mass is 486 g/mol. The molecule has 4 saturated carbocycles. The minimum atomic E-state index is -0.262. The molecule has 7 rings (SSSR count). The first-order valence-electron chi connectivity index (χ1n) is 13.1. The van der Waals surface area contributed by atoms with E-state index in [1.807, 2.05) is 49.4 Å². The Labute approximate surface area is 211 Å². The van der Waals surface area contributed by atoms with Gasteiger partial charge in [0.25, 0.3) is 0 Å². The van der Waals surface area contributed by atoms with Crippen LogP contribution in [0.4, 0.5) is 5.69 Å². The molecule has 7 heteroatoms. The van der Waals surface area contributed by atoms with Crippen LogP contribution >= 0.6 is 0 Å². The SMILES string of the molecule is COc1ccc(CN(C(=O)CNC(=O)C23CC4CC(CC(C4)C2)C3)c2ccc3nc(C)[nH]c3c2)cc1. The maximum absolute atomic E-state index is 13.6. The van der Waals surface area contributed by atoms with Crippen LogP contribution in [0, 0.1) is 30.1 Å². The maximum Gasteiger partial charge on any atom is 0.246 e. The third kappa shape index (κ3) is 4.25. The Morgan fingerprint density at radius 1 is 1.06 bits per heavy atom. The van der Waals surface area contributed by atoms with Gasteiger partial charge < -0.3 is 19.9 Å². The lowest BCUT2D eigenvalue weighted by Crippen LogP contribution is -2.54. The van der Waals surface area contributed by atoms with Crippen LogP contribution in [0.5, 0.6) is 5.75 Å². The summed E-state index contributed by atoms with van der Waals surface area (Å²) in [6, 6.07) is 13.5. The molecule has 2 amide bonds. The topological polar surface area (TPSA) is 87.3 Å². The van der Waals surface area contributed by atoms with Crippen molar-refractivity contribution in [3.63, 3.8) is 0 Å². The molecule has 4 aliphatic rings. The number of aromatic nitrogens is 2. The van der Waals surface area contributed by atoms with Gasteiger partial charge >= 0.3 is 0 Å². The van der Waals surface area contributed by atoms with E-state index in [0.717, 1.165) is 53.1 Å². The Balaban J connectivity index is 1.21. The van der Waals surface area contributed by atoms with Gasteiger partial charge in [-0.05, 0) is 99.1 Å². The fourth-order valence-electron chi connectivity index (χ4n) is 7.36. The number of aromatic amines is 1. The summed E-state index contributed by atoms with van der Waals surface area (Å²) in [4.78, 5) is 36.6. The van der Waals surface area contributed by atoms with E-state index in [-0.39, 0.29) is 23.8 Å². The molecule has 0 unspecified atom stereocenters. The average Bonchev–Trinajstić information content (AvgIpc) is 3.24. The number of carbonyl (C=O) groups is 2. The van der Waals surface area contributed by atoms with Crippen LogP contribution in [-0.4, -0.2) is 35.4 Å². The number of anilines is 1. The highest BCUT2D eigenvalue weighted by molar-refractivity contribution is 5.98. The van der Waals surface area contributed by atoms with E-state index in [9.17, 15) is 9.59 Å². The molecule has 0 saturated heterocycles. The fourth-order valence-corrected chi connectivity index (χ4v) is 7.36. The molecule has 1 heterocycles. The fraction of sp³-hybridized carbons (Fsp3) is 0.483. The van der Waals surface area contributed by atoms with Gasteiger partial charge in [0.05, 0.1) is 31.2 Å². The Morgan fingerprint density at radius 2 is 1.72 bits per heavy atom. The predicted octanol–water partition coefficient (Wildman–Crippen LogP) is 4.75. The van der Waals surface area contributed by atoms with E-state index in [1.165, 1.54) is 19.3 Å². The number of aryl methyl sites for hydroxylation is 1. The van der Waals surface area contributed by atoms with Crippen molar-refractivity contribution in [1.29, 1.82) is 0 Å². The second-order valence-electron chi connectivity index (χ2n) is 11.2. The lowest BCUT2D eigenvalue weighted by atomic mass is 9.49. The van der Waals surface area contributed by atoms with Crippen molar-refractivity contribution in [1.82, 2.24) is 15.3 Å². The first kappa shape index (κ1) is 23.1. The molecule has 7 nitrogen and oxygen atoms in total. The molecule has 4 fully saturated rings. The van der Waals surface area contributed by atoms with Crippen molar-refractivity contribution < 1.29 is 14.3 Å². The highest BCUT2D eigenvalue weighted by atomic mass is 16.5. The summed E-state index contributed by atoms with van der Waals surface area (Å²) in [5.74, 6) is 3.63. The number of carbonyl (C=O) groups excluding carboxylic acids is 2. The van der Waals surface area contributed by atoms with Crippen molar-refractivity contribution in [3.8, 4) is 5.75 Å². The molecule has 0 radical (unpaired) electrons. The average molecular weight is 487 g/mol. The number of rotatable bonds is 7. The molecular formula is C29H34N4O3. The van der Waals surface area contributed by atoms with Gasteiger partial charge in [0.1, 0.15) is 11.6 Å². The van der Waals surface area contributed by atoms with Crippen LogP contribution in [0.1, 0.15) is 49.9 Å². The van der Waals surface area contributed by atoms with Gasteiger partial charge in [-0.25, -0.2) is 4.98 Å².